The number of nitrogens with zero attached hydrogens (tertiary/aromatic N) is 4. The van der Waals surface area contributed by atoms with Crippen LogP contribution in [0.1, 0.15) is 82.0 Å². The molecule has 39 heavy (non-hydrogen) atoms. The average Bonchev–Trinajstić information content (AvgIpc) is 3.56. The molecule has 0 bridgehead atoms. The van der Waals surface area contributed by atoms with Crippen LogP contribution in [0.15, 0.2) is 36.5 Å². The van der Waals surface area contributed by atoms with Gasteiger partial charge in [-0.15, -0.1) is 5.10 Å². The summed E-state index contributed by atoms with van der Waals surface area (Å²) >= 11 is 0. The van der Waals surface area contributed by atoms with E-state index in [9.17, 15) is 14.4 Å². The van der Waals surface area contributed by atoms with Crippen molar-refractivity contribution in [3.05, 3.63) is 47.8 Å². The van der Waals surface area contributed by atoms with E-state index < -0.39 is 24.2 Å². The minimum absolute atomic E-state index is 0.00760. The quantitative estimate of drug-likeness (QED) is 0.453. The van der Waals surface area contributed by atoms with Crippen molar-refractivity contribution in [2.45, 2.75) is 101 Å². The summed E-state index contributed by atoms with van der Waals surface area (Å²) in [5.74, 6) is 0.0869. The molecule has 3 heterocycles. The van der Waals surface area contributed by atoms with Crippen molar-refractivity contribution >= 4 is 17.7 Å². The number of amides is 3. The second-order valence-corrected chi connectivity index (χ2v) is 11.4. The molecule has 1 saturated carbocycles. The first kappa shape index (κ1) is 27.3. The molecule has 0 radical (unpaired) electrons. The fourth-order valence-corrected chi connectivity index (χ4v) is 6.04. The van der Waals surface area contributed by atoms with E-state index in [1.165, 1.54) is 19.3 Å². The van der Waals surface area contributed by atoms with Crippen molar-refractivity contribution in [1.82, 2.24) is 35.8 Å². The van der Waals surface area contributed by atoms with Gasteiger partial charge in [-0.2, -0.15) is 0 Å². The highest BCUT2D eigenvalue weighted by atomic mass is 16.2. The zero-order valence-electron chi connectivity index (χ0n) is 23.0. The highest BCUT2D eigenvalue weighted by molar-refractivity contribution is 5.94. The molecule has 5 rings (SSSR count). The Bertz CT molecular complexity index is 1150. The SMILES string of the molecule is CN[C@@H](C)C(=O)N[C@H]1CCCC[C@H]2CC[C@@H](C(=O)NC(c3ccccc3)c3cn(CC4CCC4)nn3)N2C1=O. The molecular weight excluding hydrogens is 494 g/mol. The number of aromatic nitrogens is 3. The van der Waals surface area contributed by atoms with Crippen molar-refractivity contribution in [1.29, 1.82) is 0 Å². The molecule has 10 heteroatoms. The first-order valence-electron chi connectivity index (χ1n) is 14.5. The predicted molar refractivity (Wildman–Crippen MR) is 146 cm³/mol. The Morgan fingerprint density at radius 3 is 2.51 bits per heavy atom. The van der Waals surface area contributed by atoms with Crippen LogP contribution >= 0.6 is 0 Å². The highest BCUT2D eigenvalue weighted by Crippen LogP contribution is 2.33. The minimum Gasteiger partial charge on any atom is -0.343 e. The van der Waals surface area contributed by atoms with Crippen molar-refractivity contribution in [2.75, 3.05) is 7.05 Å². The molecule has 5 atom stereocenters. The molecular formula is C29H41N7O3. The van der Waals surface area contributed by atoms with Crippen molar-refractivity contribution < 1.29 is 14.4 Å². The van der Waals surface area contributed by atoms with Gasteiger partial charge in [0.05, 0.1) is 18.3 Å². The van der Waals surface area contributed by atoms with Crippen LogP contribution in [-0.4, -0.2) is 68.8 Å². The number of carbonyl (C=O) groups is 3. The Labute approximate surface area is 230 Å². The van der Waals surface area contributed by atoms with Gasteiger partial charge in [0.25, 0.3) is 0 Å². The van der Waals surface area contributed by atoms with Gasteiger partial charge in [-0.3, -0.25) is 19.1 Å². The number of carbonyl (C=O) groups excluding carboxylic acids is 3. The van der Waals surface area contributed by atoms with E-state index in [2.05, 4.69) is 26.3 Å². The van der Waals surface area contributed by atoms with Crippen LogP contribution in [-0.2, 0) is 20.9 Å². The maximum atomic E-state index is 13.9. The first-order valence-corrected chi connectivity index (χ1v) is 14.5. The van der Waals surface area contributed by atoms with Gasteiger partial charge in [0.15, 0.2) is 0 Å². The van der Waals surface area contributed by atoms with Crippen LogP contribution in [0, 0.1) is 5.92 Å². The number of likely N-dealkylation sites (N-methyl/N-ethyl adjacent to an activating group) is 1. The van der Waals surface area contributed by atoms with E-state index in [0.29, 0.717) is 24.5 Å². The zero-order chi connectivity index (χ0) is 27.4. The molecule has 2 aliphatic heterocycles. The molecule has 1 unspecified atom stereocenters. The van der Waals surface area contributed by atoms with E-state index in [1.54, 1.807) is 18.9 Å². The van der Waals surface area contributed by atoms with Crippen LogP contribution in [0.3, 0.4) is 0 Å². The number of benzene rings is 1. The van der Waals surface area contributed by atoms with Crippen LogP contribution in [0.5, 0.6) is 0 Å². The standard InChI is InChI=1S/C29H41N7O3/c1-19(30-2)27(37)31-23-14-7-6-13-22-15-16-25(36(22)29(23)39)28(38)32-26(21-11-4-3-5-12-21)24-18-35(34-33-24)17-20-9-8-10-20/h3-5,11-12,18-20,22-23,25-26,30H,6-10,13-17H2,1-2H3,(H,31,37)(H,32,38)/t19-,22-,23-,25-,26?/m0/s1. The molecule has 10 nitrogen and oxygen atoms in total. The zero-order valence-corrected chi connectivity index (χ0v) is 23.0. The summed E-state index contributed by atoms with van der Waals surface area (Å²) in [6.07, 6.45) is 10.3. The molecule has 210 valence electrons. The monoisotopic (exact) mass is 535 g/mol. The molecule has 1 aromatic heterocycles. The summed E-state index contributed by atoms with van der Waals surface area (Å²) in [4.78, 5) is 42.0. The third kappa shape index (κ3) is 6.16. The molecule has 0 spiro atoms. The van der Waals surface area contributed by atoms with Crippen LogP contribution in [0.25, 0.3) is 0 Å². The van der Waals surface area contributed by atoms with Gasteiger partial charge in [-0.25, -0.2) is 0 Å². The number of fused-ring (bicyclic) bond motifs is 1. The summed E-state index contributed by atoms with van der Waals surface area (Å²) in [6, 6.07) is 7.71. The smallest absolute Gasteiger partial charge is 0.246 e. The van der Waals surface area contributed by atoms with Crippen LogP contribution < -0.4 is 16.0 Å². The van der Waals surface area contributed by atoms with Gasteiger partial charge in [-0.1, -0.05) is 54.8 Å². The Hall–Kier alpha value is -3.27. The fourth-order valence-electron chi connectivity index (χ4n) is 6.04. The third-order valence-electron chi connectivity index (χ3n) is 8.72. The van der Waals surface area contributed by atoms with E-state index in [4.69, 9.17) is 0 Å². The second-order valence-electron chi connectivity index (χ2n) is 11.4. The largest absolute Gasteiger partial charge is 0.343 e. The van der Waals surface area contributed by atoms with Crippen molar-refractivity contribution in [3.8, 4) is 0 Å². The first-order chi connectivity index (χ1) is 18.9. The van der Waals surface area contributed by atoms with E-state index in [1.807, 2.05) is 41.2 Å². The fraction of sp³-hybridized carbons (Fsp3) is 0.621. The number of hydrogen-bond acceptors (Lipinski definition) is 6. The van der Waals surface area contributed by atoms with Gasteiger partial charge in [0.1, 0.15) is 17.8 Å². The Morgan fingerprint density at radius 1 is 1.03 bits per heavy atom. The summed E-state index contributed by atoms with van der Waals surface area (Å²) in [5.41, 5.74) is 1.61. The summed E-state index contributed by atoms with van der Waals surface area (Å²) < 4.78 is 1.88. The summed E-state index contributed by atoms with van der Waals surface area (Å²) in [5, 5.41) is 17.9. The second kappa shape index (κ2) is 12.3. The van der Waals surface area contributed by atoms with Gasteiger partial charge < -0.3 is 20.9 Å². The molecule has 2 aromatic rings. The summed E-state index contributed by atoms with van der Waals surface area (Å²) in [6.45, 7) is 2.61. The molecule has 1 aliphatic carbocycles. The minimum atomic E-state index is -0.624. The van der Waals surface area contributed by atoms with E-state index >= 15 is 0 Å². The molecule has 3 amide bonds. The van der Waals surface area contributed by atoms with Gasteiger partial charge in [0, 0.05) is 12.6 Å². The molecule has 3 fully saturated rings. The molecule has 3 aliphatic rings. The van der Waals surface area contributed by atoms with Crippen molar-refractivity contribution in [2.24, 2.45) is 5.92 Å². The van der Waals surface area contributed by atoms with Crippen molar-refractivity contribution in [3.63, 3.8) is 0 Å². The van der Waals surface area contributed by atoms with Gasteiger partial charge in [0.2, 0.25) is 17.7 Å². The molecule has 2 saturated heterocycles. The van der Waals surface area contributed by atoms with Crippen LogP contribution in [0.2, 0.25) is 0 Å². The topological polar surface area (TPSA) is 121 Å². The Balaban J connectivity index is 1.35. The predicted octanol–water partition coefficient (Wildman–Crippen LogP) is 2.31. The Kier molecular flexibility index (Phi) is 8.60. The van der Waals surface area contributed by atoms with Gasteiger partial charge in [-0.05, 0) is 64.0 Å². The third-order valence-corrected chi connectivity index (χ3v) is 8.72. The van der Waals surface area contributed by atoms with E-state index in [0.717, 1.165) is 37.8 Å². The molecule has 1 aromatic carbocycles. The normalized spacial score (nSPS) is 25.1. The van der Waals surface area contributed by atoms with Gasteiger partial charge >= 0.3 is 0 Å². The maximum absolute atomic E-state index is 13.9. The number of hydrogen-bond donors (Lipinski definition) is 3. The molecule has 3 N–H and O–H groups in total. The Morgan fingerprint density at radius 2 is 1.79 bits per heavy atom. The highest BCUT2D eigenvalue weighted by Gasteiger charge is 2.44. The lowest BCUT2D eigenvalue weighted by atomic mass is 9.85. The number of rotatable bonds is 9. The lowest BCUT2D eigenvalue weighted by Crippen LogP contribution is -2.58. The van der Waals surface area contributed by atoms with E-state index in [-0.39, 0.29) is 23.8 Å². The maximum Gasteiger partial charge on any atom is 0.246 e. The lowest BCUT2D eigenvalue weighted by molar-refractivity contribution is -0.144. The average molecular weight is 536 g/mol. The van der Waals surface area contributed by atoms with Crippen LogP contribution in [0.4, 0.5) is 0 Å². The lowest BCUT2D eigenvalue weighted by Gasteiger charge is -2.36. The summed E-state index contributed by atoms with van der Waals surface area (Å²) in [7, 11) is 1.72. The number of nitrogens with one attached hydrogen (secondary N) is 3.